The van der Waals surface area contributed by atoms with Crippen LogP contribution >= 0.6 is 12.2 Å². The van der Waals surface area contributed by atoms with Crippen LogP contribution in [-0.2, 0) is 0 Å². The van der Waals surface area contributed by atoms with Gasteiger partial charge in [0, 0.05) is 23.3 Å². The summed E-state index contributed by atoms with van der Waals surface area (Å²) in [6, 6.07) is 5.12. The van der Waals surface area contributed by atoms with E-state index >= 15 is 0 Å². The number of rotatable bonds is 3. The number of nitrogens with zero attached hydrogens (tertiary/aromatic N) is 2. The average molecular weight is 263 g/mol. The Balaban J connectivity index is 2.40. The minimum atomic E-state index is 0.446. The van der Waals surface area contributed by atoms with Gasteiger partial charge in [-0.25, -0.2) is 4.98 Å². The lowest BCUT2D eigenvalue weighted by atomic mass is 10.1. The van der Waals surface area contributed by atoms with Gasteiger partial charge in [0.05, 0.1) is 0 Å². The fourth-order valence-corrected chi connectivity index (χ4v) is 2.93. The first-order chi connectivity index (χ1) is 8.52. The lowest BCUT2D eigenvalue weighted by Gasteiger charge is -2.29. The minimum Gasteiger partial charge on any atom is -0.389 e. The van der Waals surface area contributed by atoms with E-state index in [0.29, 0.717) is 17.1 Å². The normalized spacial score (nSPS) is 23.4. The molecule has 2 rings (SSSR count). The van der Waals surface area contributed by atoms with Gasteiger partial charge in [-0.2, -0.15) is 0 Å². The van der Waals surface area contributed by atoms with Gasteiger partial charge in [0.1, 0.15) is 10.8 Å². The number of aryl methyl sites for hydroxylation is 1. The number of aromatic nitrogens is 1. The molecule has 0 amide bonds. The molecule has 4 heteroatoms. The molecule has 0 radical (unpaired) electrons. The van der Waals surface area contributed by atoms with Crippen LogP contribution in [0.15, 0.2) is 12.1 Å². The molecule has 18 heavy (non-hydrogen) atoms. The van der Waals surface area contributed by atoms with Gasteiger partial charge in [-0.05, 0) is 45.2 Å². The van der Waals surface area contributed by atoms with Crippen molar-refractivity contribution in [1.82, 2.24) is 4.98 Å². The van der Waals surface area contributed by atoms with E-state index in [1.54, 1.807) is 0 Å². The monoisotopic (exact) mass is 263 g/mol. The van der Waals surface area contributed by atoms with Crippen molar-refractivity contribution in [2.24, 2.45) is 5.73 Å². The van der Waals surface area contributed by atoms with E-state index in [9.17, 15) is 0 Å². The number of hydrogen-bond acceptors (Lipinski definition) is 3. The predicted molar refractivity (Wildman–Crippen MR) is 80.1 cm³/mol. The maximum Gasteiger partial charge on any atom is 0.129 e. The van der Waals surface area contributed by atoms with Gasteiger partial charge in [-0.15, -0.1) is 0 Å². The zero-order valence-electron chi connectivity index (χ0n) is 11.3. The third-order valence-corrected chi connectivity index (χ3v) is 3.98. The molecule has 3 nitrogen and oxygen atoms in total. The summed E-state index contributed by atoms with van der Waals surface area (Å²) in [4.78, 5) is 7.53. The van der Waals surface area contributed by atoms with Gasteiger partial charge in [-0.1, -0.05) is 19.1 Å². The third kappa shape index (κ3) is 2.48. The van der Waals surface area contributed by atoms with Crippen molar-refractivity contribution in [2.45, 2.75) is 52.1 Å². The molecule has 1 aliphatic rings. The number of pyridine rings is 1. The van der Waals surface area contributed by atoms with E-state index < -0.39 is 0 Å². The number of thiocarbonyl (C=S) groups is 1. The zero-order chi connectivity index (χ0) is 13.3. The Bertz CT molecular complexity index is 458. The molecule has 1 aromatic rings. The molecule has 2 unspecified atom stereocenters. The Morgan fingerprint density at radius 3 is 2.83 bits per heavy atom. The fourth-order valence-electron chi connectivity index (χ4n) is 2.81. The van der Waals surface area contributed by atoms with E-state index in [4.69, 9.17) is 18.0 Å². The molecule has 1 fully saturated rings. The topological polar surface area (TPSA) is 42.1 Å². The second kappa shape index (κ2) is 5.22. The summed E-state index contributed by atoms with van der Waals surface area (Å²) in [5.74, 6) is 1.02. The van der Waals surface area contributed by atoms with Crippen molar-refractivity contribution in [2.75, 3.05) is 4.90 Å². The summed E-state index contributed by atoms with van der Waals surface area (Å²) in [7, 11) is 0. The highest BCUT2D eigenvalue weighted by Crippen LogP contribution is 2.31. The van der Waals surface area contributed by atoms with Crippen molar-refractivity contribution < 1.29 is 0 Å². The predicted octanol–water partition coefficient (Wildman–Crippen LogP) is 2.79. The summed E-state index contributed by atoms with van der Waals surface area (Å²) < 4.78 is 0. The molecule has 0 bridgehead atoms. The van der Waals surface area contributed by atoms with Gasteiger partial charge in [0.25, 0.3) is 0 Å². The highest BCUT2D eigenvalue weighted by atomic mass is 32.1. The fraction of sp³-hybridized carbons (Fsp3) is 0.571. The molecule has 2 atom stereocenters. The van der Waals surface area contributed by atoms with E-state index in [0.717, 1.165) is 23.5 Å². The SMILES string of the molecule is CCC1CCC(C)N1c1cc(C(N)=S)cc(C)n1. The summed E-state index contributed by atoms with van der Waals surface area (Å²) in [5, 5.41) is 0. The zero-order valence-corrected chi connectivity index (χ0v) is 12.1. The Morgan fingerprint density at radius 2 is 2.22 bits per heavy atom. The van der Waals surface area contributed by atoms with Gasteiger partial charge in [-0.3, -0.25) is 0 Å². The molecule has 0 saturated carbocycles. The van der Waals surface area contributed by atoms with Gasteiger partial charge >= 0.3 is 0 Å². The van der Waals surface area contributed by atoms with Gasteiger partial charge in [0.2, 0.25) is 0 Å². The van der Waals surface area contributed by atoms with Crippen molar-refractivity contribution in [3.05, 3.63) is 23.4 Å². The number of nitrogens with two attached hydrogens (primary N) is 1. The van der Waals surface area contributed by atoms with Crippen molar-refractivity contribution in [1.29, 1.82) is 0 Å². The van der Waals surface area contributed by atoms with Crippen LogP contribution in [0.4, 0.5) is 5.82 Å². The standard InChI is InChI=1S/C14H21N3S/c1-4-12-6-5-10(3)17(12)13-8-11(14(15)18)7-9(2)16-13/h7-8,10,12H,4-6H2,1-3H3,(H2,15,18). The molecule has 0 aromatic carbocycles. The quantitative estimate of drug-likeness (QED) is 0.852. The average Bonchev–Trinajstić information content (AvgIpc) is 2.69. The van der Waals surface area contributed by atoms with Gasteiger partial charge < -0.3 is 10.6 Å². The number of hydrogen-bond donors (Lipinski definition) is 1. The Kier molecular flexibility index (Phi) is 3.85. The Hall–Kier alpha value is -1.16. The maximum atomic E-state index is 5.74. The first-order valence-electron chi connectivity index (χ1n) is 6.59. The Labute approximate surface area is 114 Å². The molecule has 0 spiro atoms. The Morgan fingerprint density at radius 1 is 1.50 bits per heavy atom. The lowest BCUT2D eigenvalue weighted by Crippen LogP contribution is -2.35. The van der Waals surface area contributed by atoms with Crippen LogP contribution in [0.25, 0.3) is 0 Å². The second-order valence-electron chi connectivity index (χ2n) is 5.12. The van der Waals surface area contributed by atoms with Crippen molar-refractivity contribution in [3.8, 4) is 0 Å². The largest absolute Gasteiger partial charge is 0.389 e. The molecule has 1 aliphatic heterocycles. The van der Waals surface area contributed by atoms with Crippen LogP contribution in [0, 0.1) is 6.92 Å². The number of anilines is 1. The maximum absolute atomic E-state index is 5.74. The molecule has 1 aromatic heterocycles. The third-order valence-electron chi connectivity index (χ3n) is 3.75. The van der Waals surface area contributed by atoms with Crippen molar-refractivity contribution >= 4 is 23.0 Å². The smallest absolute Gasteiger partial charge is 0.129 e. The lowest BCUT2D eigenvalue weighted by molar-refractivity contribution is 0.620. The molecule has 2 N–H and O–H groups in total. The van der Waals surface area contributed by atoms with Crippen LogP contribution in [-0.4, -0.2) is 22.1 Å². The van der Waals surface area contributed by atoms with Crippen molar-refractivity contribution in [3.63, 3.8) is 0 Å². The molecule has 0 aliphatic carbocycles. The molecular weight excluding hydrogens is 242 g/mol. The summed E-state index contributed by atoms with van der Waals surface area (Å²) >= 11 is 5.07. The first kappa shape index (κ1) is 13.3. The highest BCUT2D eigenvalue weighted by Gasteiger charge is 2.30. The highest BCUT2D eigenvalue weighted by molar-refractivity contribution is 7.80. The summed E-state index contributed by atoms with van der Waals surface area (Å²) in [6.45, 7) is 6.49. The van der Waals surface area contributed by atoms with E-state index in [2.05, 4.69) is 23.7 Å². The molecular formula is C14H21N3S. The van der Waals surface area contributed by atoms with Crippen LogP contribution in [0.5, 0.6) is 0 Å². The van der Waals surface area contributed by atoms with Crippen LogP contribution < -0.4 is 10.6 Å². The van der Waals surface area contributed by atoms with Gasteiger partial charge in [0.15, 0.2) is 0 Å². The van der Waals surface area contributed by atoms with E-state index in [1.807, 2.05) is 19.1 Å². The van der Waals surface area contributed by atoms with E-state index in [-0.39, 0.29) is 0 Å². The molecule has 1 saturated heterocycles. The van der Waals surface area contributed by atoms with Crippen LogP contribution in [0.3, 0.4) is 0 Å². The first-order valence-corrected chi connectivity index (χ1v) is 7.00. The second-order valence-corrected chi connectivity index (χ2v) is 5.56. The van der Waals surface area contributed by atoms with Crippen LogP contribution in [0.1, 0.15) is 44.4 Å². The summed E-state index contributed by atoms with van der Waals surface area (Å²) in [6.07, 6.45) is 3.63. The molecule has 2 heterocycles. The molecule has 98 valence electrons. The minimum absolute atomic E-state index is 0.446. The van der Waals surface area contributed by atoms with E-state index in [1.165, 1.54) is 12.8 Å². The van der Waals surface area contributed by atoms with Crippen LogP contribution in [0.2, 0.25) is 0 Å². The summed E-state index contributed by atoms with van der Waals surface area (Å²) in [5.41, 5.74) is 7.63.